The lowest BCUT2D eigenvalue weighted by molar-refractivity contribution is 0.193. The first-order valence-corrected chi connectivity index (χ1v) is 5.80. The summed E-state index contributed by atoms with van der Waals surface area (Å²) < 4.78 is 0. The molecule has 1 fully saturated rings. The number of hydrogen-bond donors (Lipinski definition) is 1. The summed E-state index contributed by atoms with van der Waals surface area (Å²) in [5.74, 6) is 0.911. The van der Waals surface area contributed by atoms with Crippen LogP contribution < -0.4 is 5.32 Å². The Morgan fingerprint density at radius 1 is 1.21 bits per heavy atom. The summed E-state index contributed by atoms with van der Waals surface area (Å²) >= 11 is 0. The largest absolute Gasteiger partial charge is 0.316 e. The molecule has 3 heteroatoms. The van der Waals surface area contributed by atoms with Crippen molar-refractivity contribution in [3.63, 3.8) is 0 Å². The van der Waals surface area contributed by atoms with Crippen LogP contribution in [-0.2, 0) is 0 Å². The molecule has 0 aromatic rings. The highest BCUT2D eigenvalue weighted by Gasteiger charge is 2.18. The molecule has 0 spiro atoms. The van der Waals surface area contributed by atoms with E-state index in [4.69, 9.17) is 0 Å². The summed E-state index contributed by atoms with van der Waals surface area (Å²) in [6.07, 6.45) is 1.29. The van der Waals surface area contributed by atoms with E-state index in [2.05, 4.69) is 36.1 Å². The Bertz CT molecular complexity index is 143. The van der Waals surface area contributed by atoms with Crippen LogP contribution in [0.1, 0.15) is 13.3 Å². The van der Waals surface area contributed by atoms with Crippen molar-refractivity contribution in [3.05, 3.63) is 0 Å². The molecule has 0 atom stereocenters. The van der Waals surface area contributed by atoms with E-state index < -0.39 is 0 Å². The first-order chi connectivity index (χ1) is 6.72. The summed E-state index contributed by atoms with van der Waals surface area (Å²) in [6, 6.07) is 0. The Balaban J connectivity index is 2.04. The van der Waals surface area contributed by atoms with Gasteiger partial charge in [-0.2, -0.15) is 0 Å². The van der Waals surface area contributed by atoms with Crippen molar-refractivity contribution >= 4 is 0 Å². The minimum Gasteiger partial charge on any atom is -0.316 e. The maximum atomic E-state index is 3.33. The Morgan fingerprint density at radius 2 is 1.93 bits per heavy atom. The highest BCUT2D eigenvalue weighted by molar-refractivity contribution is 4.77. The van der Waals surface area contributed by atoms with Gasteiger partial charge in [0.1, 0.15) is 0 Å². The zero-order valence-electron chi connectivity index (χ0n) is 9.92. The van der Waals surface area contributed by atoms with E-state index in [0.717, 1.165) is 5.92 Å². The van der Waals surface area contributed by atoms with Gasteiger partial charge in [-0.3, -0.25) is 0 Å². The maximum absolute atomic E-state index is 3.33. The van der Waals surface area contributed by atoms with E-state index >= 15 is 0 Å². The Morgan fingerprint density at radius 3 is 2.36 bits per heavy atom. The lowest BCUT2D eigenvalue weighted by atomic mass is 10.0. The number of rotatable bonds is 7. The first kappa shape index (κ1) is 12.0. The predicted octanol–water partition coefficient (Wildman–Crippen LogP) is 0.479. The fraction of sp³-hybridized carbons (Fsp3) is 1.00. The summed E-state index contributed by atoms with van der Waals surface area (Å²) in [6.45, 7) is 9.67. The summed E-state index contributed by atoms with van der Waals surface area (Å²) in [4.78, 5) is 4.84. The third-order valence-corrected chi connectivity index (χ3v) is 2.91. The maximum Gasteiger partial charge on any atom is 0.00339 e. The minimum absolute atomic E-state index is 0.911. The molecule has 0 unspecified atom stereocenters. The smallest absolute Gasteiger partial charge is 0.00339 e. The lowest BCUT2D eigenvalue weighted by Gasteiger charge is -2.32. The molecular weight excluding hydrogens is 174 g/mol. The fourth-order valence-corrected chi connectivity index (χ4v) is 1.83. The Hall–Kier alpha value is -0.120. The van der Waals surface area contributed by atoms with E-state index in [9.17, 15) is 0 Å². The average Bonchev–Trinajstić information content (AvgIpc) is 2.07. The molecule has 1 rings (SSSR count). The van der Waals surface area contributed by atoms with Crippen LogP contribution in [0.3, 0.4) is 0 Å². The molecule has 1 heterocycles. The molecule has 3 nitrogen and oxygen atoms in total. The average molecular weight is 199 g/mol. The quantitative estimate of drug-likeness (QED) is 0.643. The van der Waals surface area contributed by atoms with Crippen LogP contribution in [0.4, 0.5) is 0 Å². The lowest BCUT2D eigenvalue weighted by Crippen LogP contribution is -2.48. The molecule has 0 amide bonds. The van der Waals surface area contributed by atoms with E-state index in [1.807, 2.05) is 0 Å². The molecule has 0 aliphatic carbocycles. The van der Waals surface area contributed by atoms with Gasteiger partial charge in [-0.25, -0.2) is 0 Å². The Labute approximate surface area is 88.5 Å². The third kappa shape index (κ3) is 4.40. The second-order valence-electron chi connectivity index (χ2n) is 4.57. The normalized spacial score (nSPS) is 17.8. The summed E-state index contributed by atoms with van der Waals surface area (Å²) in [5, 5.41) is 3.33. The van der Waals surface area contributed by atoms with Gasteiger partial charge in [0, 0.05) is 19.6 Å². The van der Waals surface area contributed by atoms with Crippen LogP contribution in [0, 0.1) is 5.92 Å². The monoisotopic (exact) mass is 199 g/mol. The van der Waals surface area contributed by atoms with Crippen LogP contribution in [0.2, 0.25) is 0 Å². The molecule has 0 aromatic heterocycles. The molecule has 0 radical (unpaired) electrons. The van der Waals surface area contributed by atoms with Gasteiger partial charge in [-0.05, 0) is 46.1 Å². The van der Waals surface area contributed by atoms with E-state index in [1.165, 1.54) is 45.7 Å². The van der Waals surface area contributed by atoms with Crippen molar-refractivity contribution < 1.29 is 0 Å². The fourth-order valence-electron chi connectivity index (χ4n) is 1.83. The number of nitrogens with zero attached hydrogens (tertiary/aromatic N) is 2. The number of hydrogen-bond acceptors (Lipinski definition) is 3. The standard InChI is InChI=1S/C11H25N3/c1-4-14(7-5-6-13(2)3)10-11-8-12-9-11/h11-12H,4-10H2,1-3H3. The molecule has 14 heavy (non-hydrogen) atoms. The van der Waals surface area contributed by atoms with E-state index in [1.54, 1.807) is 0 Å². The minimum atomic E-state index is 0.911. The molecule has 0 saturated carbocycles. The van der Waals surface area contributed by atoms with Gasteiger partial charge in [0.25, 0.3) is 0 Å². The molecule has 0 bridgehead atoms. The molecule has 1 aliphatic rings. The second kappa shape index (κ2) is 6.38. The van der Waals surface area contributed by atoms with Gasteiger partial charge < -0.3 is 15.1 Å². The zero-order valence-corrected chi connectivity index (χ0v) is 9.92. The van der Waals surface area contributed by atoms with Crippen molar-refractivity contribution in [2.24, 2.45) is 5.92 Å². The van der Waals surface area contributed by atoms with E-state index in [-0.39, 0.29) is 0 Å². The SMILES string of the molecule is CCN(CCCN(C)C)CC1CNC1. The molecule has 1 saturated heterocycles. The van der Waals surface area contributed by atoms with Crippen LogP contribution in [0.5, 0.6) is 0 Å². The highest BCUT2D eigenvalue weighted by atomic mass is 15.1. The number of nitrogens with one attached hydrogen (secondary N) is 1. The van der Waals surface area contributed by atoms with Gasteiger partial charge in [-0.15, -0.1) is 0 Å². The molecule has 84 valence electrons. The van der Waals surface area contributed by atoms with Crippen LogP contribution in [-0.4, -0.2) is 63.2 Å². The molecule has 0 aromatic carbocycles. The van der Waals surface area contributed by atoms with Gasteiger partial charge in [0.15, 0.2) is 0 Å². The zero-order chi connectivity index (χ0) is 10.4. The van der Waals surface area contributed by atoms with Crippen molar-refractivity contribution in [2.45, 2.75) is 13.3 Å². The highest BCUT2D eigenvalue weighted by Crippen LogP contribution is 2.06. The van der Waals surface area contributed by atoms with Crippen LogP contribution in [0.25, 0.3) is 0 Å². The topological polar surface area (TPSA) is 18.5 Å². The van der Waals surface area contributed by atoms with Gasteiger partial charge in [-0.1, -0.05) is 6.92 Å². The molecule has 1 aliphatic heterocycles. The second-order valence-corrected chi connectivity index (χ2v) is 4.57. The van der Waals surface area contributed by atoms with Crippen molar-refractivity contribution in [1.29, 1.82) is 0 Å². The van der Waals surface area contributed by atoms with Gasteiger partial charge in [0.05, 0.1) is 0 Å². The molecular formula is C11H25N3. The van der Waals surface area contributed by atoms with Crippen molar-refractivity contribution in [1.82, 2.24) is 15.1 Å². The van der Waals surface area contributed by atoms with Gasteiger partial charge >= 0.3 is 0 Å². The summed E-state index contributed by atoms with van der Waals surface area (Å²) in [5.41, 5.74) is 0. The summed E-state index contributed by atoms with van der Waals surface area (Å²) in [7, 11) is 4.29. The first-order valence-electron chi connectivity index (χ1n) is 5.80. The third-order valence-electron chi connectivity index (χ3n) is 2.91. The van der Waals surface area contributed by atoms with E-state index in [0.29, 0.717) is 0 Å². The van der Waals surface area contributed by atoms with Crippen molar-refractivity contribution in [2.75, 3.05) is 53.4 Å². The van der Waals surface area contributed by atoms with Crippen LogP contribution >= 0.6 is 0 Å². The predicted molar refractivity (Wildman–Crippen MR) is 61.6 cm³/mol. The van der Waals surface area contributed by atoms with Crippen LogP contribution in [0.15, 0.2) is 0 Å². The molecule has 1 N–H and O–H groups in total. The van der Waals surface area contributed by atoms with Crippen molar-refractivity contribution in [3.8, 4) is 0 Å². The van der Waals surface area contributed by atoms with Gasteiger partial charge in [0.2, 0.25) is 0 Å². The Kier molecular flexibility index (Phi) is 5.45.